The predicted octanol–water partition coefficient (Wildman–Crippen LogP) is 3.70. The molecule has 1 aromatic rings. The van der Waals surface area contributed by atoms with E-state index in [1.165, 1.54) is 5.56 Å². The highest BCUT2D eigenvalue weighted by Crippen LogP contribution is 2.34. The fraction of sp³-hybridized carbons (Fsp3) is 0.562. The number of ketones is 1. The van der Waals surface area contributed by atoms with Crippen molar-refractivity contribution in [1.29, 1.82) is 0 Å². The quantitative estimate of drug-likeness (QED) is 0.791. The van der Waals surface area contributed by atoms with Gasteiger partial charge in [0.15, 0.2) is 5.78 Å². The van der Waals surface area contributed by atoms with Gasteiger partial charge in [0.2, 0.25) is 0 Å². The zero-order valence-electron chi connectivity index (χ0n) is 12.3. The Morgan fingerprint density at radius 3 is 2.70 bits per heavy atom. The van der Waals surface area contributed by atoms with Crippen LogP contribution in [0.5, 0.6) is 5.75 Å². The fourth-order valence-corrected chi connectivity index (χ4v) is 3.41. The zero-order valence-corrected chi connectivity index (χ0v) is 13.9. The molecule has 1 aromatic carbocycles. The first-order valence-electron chi connectivity index (χ1n) is 7.08. The van der Waals surface area contributed by atoms with Crippen LogP contribution in [0.15, 0.2) is 16.6 Å². The molecular formula is C16H21BrO3. The van der Waals surface area contributed by atoms with Crippen molar-refractivity contribution in [3.05, 3.63) is 27.7 Å². The monoisotopic (exact) mass is 340 g/mol. The van der Waals surface area contributed by atoms with Gasteiger partial charge in [0.25, 0.3) is 0 Å². The Bertz CT molecular complexity index is 498. The molecule has 1 aliphatic rings. The number of benzene rings is 1. The van der Waals surface area contributed by atoms with Gasteiger partial charge >= 0.3 is 0 Å². The van der Waals surface area contributed by atoms with Crippen molar-refractivity contribution in [3.63, 3.8) is 0 Å². The third kappa shape index (κ3) is 2.77. The van der Waals surface area contributed by atoms with Crippen LogP contribution in [0.25, 0.3) is 0 Å². The summed E-state index contributed by atoms with van der Waals surface area (Å²) in [6, 6.07) is 4.05. The van der Waals surface area contributed by atoms with Gasteiger partial charge in [-0.1, -0.05) is 29.8 Å². The molecule has 3 nitrogen and oxygen atoms in total. The molecule has 110 valence electrons. The second-order valence-corrected chi connectivity index (χ2v) is 6.07. The van der Waals surface area contributed by atoms with Gasteiger partial charge in [-0.2, -0.15) is 0 Å². The van der Waals surface area contributed by atoms with E-state index in [9.17, 15) is 4.79 Å². The van der Waals surface area contributed by atoms with Crippen molar-refractivity contribution >= 4 is 21.7 Å². The molecule has 0 aliphatic carbocycles. The summed E-state index contributed by atoms with van der Waals surface area (Å²) in [6.07, 6.45) is 2.65. The van der Waals surface area contributed by atoms with Gasteiger partial charge in [0.1, 0.15) is 11.4 Å². The molecule has 4 heteroatoms. The minimum atomic E-state index is -0.673. The summed E-state index contributed by atoms with van der Waals surface area (Å²) in [4.78, 5) is 12.6. The molecule has 0 bridgehead atoms. The summed E-state index contributed by atoms with van der Waals surface area (Å²) in [5.74, 6) is 1.01. The topological polar surface area (TPSA) is 35.5 Å². The van der Waals surface area contributed by atoms with E-state index in [1.807, 2.05) is 19.9 Å². The molecule has 0 unspecified atom stereocenters. The molecule has 0 saturated carbocycles. The van der Waals surface area contributed by atoms with Crippen LogP contribution in [0, 0.1) is 0 Å². The first kappa shape index (κ1) is 15.5. The van der Waals surface area contributed by atoms with E-state index < -0.39 is 5.60 Å². The SMILES string of the molecule is CCC(CC)(OC)C(=O)Cc1cc(Br)cc2c1OCC2. The molecule has 1 heterocycles. The Labute approximate surface area is 128 Å². The number of rotatable bonds is 6. The maximum atomic E-state index is 12.6. The van der Waals surface area contributed by atoms with Crippen LogP contribution in [0.4, 0.5) is 0 Å². The van der Waals surface area contributed by atoms with Crippen molar-refractivity contribution < 1.29 is 14.3 Å². The van der Waals surface area contributed by atoms with Gasteiger partial charge in [-0.3, -0.25) is 4.79 Å². The molecule has 0 radical (unpaired) electrons. The van der Waals surface area contributed by atoms with Gasteiger partial charge in [-0.05, 0) is 30.5 Å². The maximum absolute atomic E-state index is 12.6. The Kier molecular flexibility index (Phi) is 4.86. The van der Waals surface area contributed by atoms with Crippen LogP contribution in [-0.4, -0.2) is 25.1 Å². The number of carbonyl (C=O) groups is 1. The predicted molar refractivity (Wildman–Crippen MR) is 82.4 cm³/mol. The number of hydrogen-bond acceptors (Lipinski definition) is 3. The second kappa shape index (κ2) is 6.27. The molecule has 0 saturated heterocycles. The smallest absolute Gasteiger partial charge is 0.169 e. The average Bonchev–Trinajstić information content (AvgIpc) is 2.89. The average molecular weight is 341 g/mol. The van der Waals surface area contributed by atoms with Crippen molar-refractivity contribution in [2.75, 3.05) is 13.7 Å². The molecule has 0 N–H and O–H groups in total. The fourth-order valence-electron chi connectivity index (χ4n) is 2.86. The van der Waals surface area contributed by atoms with Crippen LogP contribution >= 0.6 is 15.9 Å². The molecule has 0 spiro atoms. The van der Waals surface area contributed by atoms with Crippen molar-refractivity contribution in [1.82, 2.24) is 0 Å². The Hall–Kier alpha value is -0.870. The van der Waals surface area contributed by atoms with Gasteiger partial charge < -0.3 is 9.47 Å². The minimum absolute atomic E-state index is 0.126. The Morgan fingerprint density at radius 1 is 1.40 bits per heavy atom. The second-order valence-electron chi connectivity index (χ2n) is 5.16. The van der Waals surface area contributed by atoms with E-state index >= 15 is 0 Å². The molecular weight excluding hydrogens is 320 g/mol. The zero-order chi connectivity index (χ0) is 14.8. The number of hydrogen-bond donors (Lipinski definition) is 0. The highest BCUT2D eigenvalue weighted by atomic mass is 79.9. The summed E-state index contributed by atoms with van der Waals surface area (Å²) in [5, 5.41) is 0. The van der Waals surface area contributed by atoms with E-state index in [1.54, 1.807) is 7.11 Å². The third-order valence-electron chi connectivity index (χ3n) is 4.22. The lowest BCUT2D eigenvalue weighted by molar-refractivity contribution is -0.141. The number of fused-ring (bicyclic) bond motifs is 1. The minimum Gasteiger partial charge on any atom is -0.493 e. The van der Waals surface area contributed by atoms with Crippen molar-refractivity contribution in [2.45, 2.75) is 45.1 Å². The molecule has 0 atom stereocenters. The number of Topliss-reactive ketones (excluding diaryl/α,β-unsaturated/α-hetero) is 1. The summed E-state index contributed by atoms with van der Waals surface area (Å²) in [5.41, 5.74) is 1.46. The largest absolute Gasteiger partial charge is 0.493 e. The van der Waals surface area contributed by atoms with E-state index in [0.29, 0.717) is 25.9 Å². The summed E-state index contributed by atoms with van der Waals surface area (Å²) >= 11 is 3.51. The van der Waals surface area contributed by atoms with Crippen LogP contribution in [0.3, 0.4) is 0 Å². The lowest BCUT2D eigenvalue weighted by atomic mass is 9.87. The standard InChI is InChI=1S/C16H21BrO3/c1-4-16(5-2,19-3)14(18)10-12-9-13(17)8-11-6-7-20-15(11)12/h8-9H,4-7,10H2,1-3H3. The van der Waals surface area contributed by atoms with E-state index in [-0.39, 0.29) is 5.78 Å². The normalized spacial score (nSPS) is 14.0. The summed E-state index contributed by atoms with van der Waals surface area (Å²) in [6.45, 7) is 4.68. The highest BCUT2D eigenvalue weighted by Gasteiger charge is 2.35. The lowest BCUT2D eigenvalue weighted by Crippen LogP contribution is -2.40. The highest BCUT2D eigenvalue weighted by molar-refractivity contribution is 9.10. The van der Waals surface area contributed by atoms with Crippen molar-refractivity contribution in [2.24, 2.45) is 0 Å². The molecule has 0 aromatic heterocycles. The first-order valence-corrected chi connectivity index (χ1v) is 7.88. The van der Waals surface area contributed by atoms with Crippen LogP contribution < -0.4 is 4.74 Å². The lowest BCUT2D eigenvalue weighted by Gasteiger charge is -2.28. The van der Waals surface area contributed by atoms with E-state index in [4.69, 9.17) is 9.47 Å². The van der Waals surface area contributed by atoms with Gasteiger partial charge in [0.05, 0.1) is 6.61 Å². The van der Waals surface area contributed by atoms with E-state index in [0.717, 1.165) is 22.2 Å². The Balaban J connectivity index is 2.28. The van der Waals surface area contributed by atoms with Crippen LogP contribution in [0.1, 0.15) is 37.8 Å². The number of carbonyl (C=O) groups excluding carboxylic acids is 1. The first-order chi connectivity index (χ1) is 9.56. The van der Waals surface area contributed by atoms with Gasteiger partial charge in [0, 0.05) is 30.0 Å². The van der Waals surface area contributed by atoms with Gasteiger partial charge in [-0.25, -0.2) is 0 Å². The number of methoxy groups -OCH3 is 1. The van der Waals surface area contributed by atoms with Gasteiger partial charge in [-0.15, -0.1) is 0 Å². The van der Waals surface area contributed by atoms with E-state index in [2.05, 4.69) is 22.0 Å². The number of ether oxygens (including phenoxy) is 2. The molecule has 0 amide bonds. The summed E-state index contributed by atoms with van der Waals surface area (Å²) in [7, 11) is 1.62. The van der Waals surface area contributed by atoms with Crippen molar-refractivity contribution in [3.8, 4) is 5.75 Å². The summed E-state index contributed by atoms with van der Waals surface area (Å²) < 4.78 is 12.2. The van der Waals surface area contributed by atoms with Crippen LogP contribution in [-0.2, 0) is 22.4 Å². The van der Waals surface area contributed by atoms with Crippen LogP contribution in [0.2, 0.25) is 0 Å². The Morgan fingerprint density at radius 2 is 2.10 bits per heavy atom. The number of halogens is 1. The molecule has 20 heavy (non-hydrogen) atoms. The third-order valence-corrected chi connectivity index (χ3v) is 4.68. The maximum Gasteiger partial charge on any atom is 0.169 e. The molecule has 2 rings (SSSR count). The molecule has 1 aliphatic heterocycles. The molecule has 0 fully saturated rings.